The summed E-state index contributed by atoms with van der Waals surface area (Å²) in [6, 6.07) is 15.8. The van der Waals surface area contributed by atoms with E-state index in [9.17, 15) is 4.79 Å². The molecule has 0 aliphatic heterocycles. The molecule has 0 saturated heterocycles. The van der Waals surface area contributed by atoms with Crippen molar-refractivity contribution in [3.8, 4) is 11.5 Å². The Morgan fingerprint density at radius 1 is 1.03 bits per heavy atom. The zero-order chi connectivity index (χ0) is 22.5. The summed E-state index contributed by atoms with van der Waals surface area (Å²) in [5.41, 5.74) is 10.0. The smallest absolute Gasteiger partial charge is 0.217 e. The summed E-state index contributed by atoms with van der Waals surface area (Å²) in [5.74, 6) is 1.91. The van der Waals surface area contributed by atoms with E-state index in [-0.39, 0.29) is 5.91 Å². The van der Waals surface area contributed by atoms with Gasteiger partial charge in [-0.2, -0.15) is 0 Å². The molecule has 0 aliphatic carbocycles. The molecule has 32 heavy (non-hydrogen) atoms. The van der Waals surface area contributed by atoms with Gasteiger partial charge >= 0.3 is 0 Å². The molecule has 2 aromatic heterocycles. The summed E-state index contributed by atoms with van der Waals surface area (Å²) < 4.78 is 5.96. The zero-order valence-corrected chi connectivity index (χ0v) is 18.1. The van der Waals surface area contributed by atoms with Gasteiger partial charge in [-0.3, -0.25) is 9.78 Å². The summed E-state index contributed by atoms with van der Waals surface area (Å²) in [6.07, 6.45) is 5.13. The number of aromatic nitrogens is 3. The Bertz CT molecular complexity index is 1260. The number of primary amides is 1. The van der Waals surface area contributed by atoms with Gasteiger partial charge in [-0.1, -0.05) is 6.07 Å². The lowest BCUT2D eigenvalue weighted by atomic mass is 10.1. The second-order valence-corrected chi connectivity index (χ2v) is 7.74. The number of carbonyl (C=O) groups is 1. The van der Waals surface area contributed by atoms with Crippen LogP contribution in [0, 0.1) is 13.8 Å². The first-order valence-corrected chi connectivity index (χ1v) is 10.5. The van der Waals surface area contributed by atoms with Crippen molar-refractivity contribution < 1.29 is 9.53 Å². The fourth-order valence-electron chi connectivity index (χ4n) is 3.45. The lowest BCUT2D eigenvalue weighted by molar-refractivity contribution is -0.118. The van der Waals surface area contributed by atoms with Gasteiger partial charge < -0.3 is 15.8 Å². The number of nitrogens with one attached hydrogen (secondary N) is 1. The van der Waals surface area contributed by atoms with Gasteiger partial charge in [0.2, 0.25) is 5.91 Å². The molecule has 7 heteroatoms. The van der Waals surface area contributed by atoms with Gasteiger partial charge in [-0.15, -0.1) is 0 Å². The molecule has 162 valence electrons. The zero-order valence-electron chi connectivity index (χ0n) is 18.1. The Morgan fingerprint density at radius 2 is 1.91 bits per heavy atom. The number of hydrogen-bond donors (Lipinski definition) is 2. The molecule has 0 bridgehead atoms. The maximum atomic E-state index is 11.0. The monoisotopic (exact) mass is 427 g/mol. The fraction of sp³-hybridized carbons (Fsp3) is 0.200. The van der Waals surface area contributed by atoms with Gasteiger partial charge in [0.1, 0.15) is 23.6 Å². The largest absolute Gasteiger partial charge is 0.455 e. The molecule has 0 saturated carbocycles. The number of rotatable bonds is 8. The average molecular weight is 428 g/mol. The van der Waals surface area contributed by atoms with Crippen LogP contribution in [0.5, 0.6) is 11.5 Å². The van der Waals surface area contributed by atoms with Crippen LogP contribution in [-0.2, 0) is 11.2 Å². The highest BCUT2D eigenvalue weighted by Gasteiger charge is 2.08. The summed E-state index contributed by atoms with van der Waals surface area (Å²) in [4.78, 5) is 24.1. The maximum Gasteiger partial charge on any atom is 0.217 e. The average Bonchev–Trinajstić information content (AvgIpc) is 2.77. The molecule has 2 heterocycles. The Kier molecular flexibility index (Phi) is 6.26. The number of carbonyl (C=O) groups excluding carboxylic acids is 1. The summed E-state index contributed by atoms with van der Waals surface area (Å²) >= 11 is 0. The lowest BCUT2D eigenvalue weighted by Gasteiger charge is -2.13. The number of fused-ring (bicyclic) bond motifs is 1. The summed E-state index contributed by atoms with van der Waals surface area (Å²) in [7, 11) is 0. The standard InChI is InChI=1S/C25H25N5O2/c1-16-12-19(8-11-23(16)32-20-9-6-17(2)27-14-20)30-25-21-13-18(4-3-5-24(26)31)7-10-22(21)28-15-29-25/h6-15H,3-5H2,1-2H3,(H2,26,31)(H,28,29,30). The molecule has 7 nitrogen and oxygen atoms in total. The SMILES string of the molecule is Cc1ccc(Oc2ccc(Nc3ncnc4ccc(CCCC(N)=O)cc34)cc2C)cn1. The van der Waals surface area contributed by atoms with E-state index in [2.05, 4.69) is 26.3 Å². The molecule has 0 atom stereocenters. The number of hydrogen-bond acceptors (Lipinski definition) is 6. The van der Waals surface area contributed by atoms with Crippen molar-refractivity contribution in [2.45, 2.75) is 33.1 Å². The quantitative estimate of drug-likeness (QED) is 0.411. The highest BCUT2D eigenvalue weighted by Crippen LogP contribution is 2.30. The minimum Gasteiger partial charge on any atom is -0.455 e. The normalized spacial score (nSPS) is 10.8. The van der Waals surface area contributed by atoms with Crippen molar-refractivity contribution in [1.82, 2.24) is 15.0 Å². The number of aryl methyl sites for hydroxylation is 3. The van der Waals surface area contributed by atoms with Crippen LogP contribution in [0.2, 0.25) is 0 Å². The number of ether oxygens (including phenoxy) is 1. The van der Waals surface area contributed by atoms with E-state index in [1.54, 1.807) is 12.5 Å². The Labute approximate surface area is 186 Å². The summed E-state index contributed by atoms with van der Waals surface area (Å²) in [5, 5.41) is 4.32. The van der Waals surface area contributed by atoms with E-state index in [1.165, 1.54) is 0 Å². The second kappa shape index (κ2) is 9.43. The van der Waals surface area contributed by atoms with Crippen molar-refractivity contribution in [3.63, 3.8) is 0 Å². The number of nitrogens with two attached hydrogens (primary N) is 1. The second-order valence-electron chi connectivity index (χ2n) is 7.74. The molecule has 0 radical (unpaired) electrons. The van der Waals surface area contributed by atoms with E-state index in [0.29, 0.717) is 18.6 Å². The molecular weight excluding hydrogens is 402 g/mol. The van der Waals surface area contributed by atoms with Crippen LogP contribution in [0.15, 0.2) is 61.1 Å². The predicted molar refractivity (Wildman–Crippen MR) is 125 cm³/mol. The third kappa shape index (κ3) is 5.18. The Hall–Kier alpha value is -4.00. The van der Waals surface area contributed by atoms with Crippen molar-refractivity contribution >= 4 is 28.3 Å². The molecule has 0 aliphatic rings. The minimum absolute atomic E-state index is 0.280. The third-order valence-corrected chi connectivity index (χ3v) is 5.14. The predicted octanol–water partition coefficient (Wildman–Crippen LogP) is 4.99. The maximum absolute atomic E-state index is 11.0. The topological polar surface area (TPSA) is 103 Å². The molecule has 1 amide bonds. The van der Waals surface area contributed by atoms with Crippen molar-refractivity contribution in [1.29, 1.82) is 0 Å². The van der Waals surface area contributed by atoms with Gasteiger partial charge in [0, 0.05) is 23.2 Å². The minimum atomic E-state index is -0.280. The molecule has 4 aromatic rings. The van der Waals surface area contributed by atoms with Crippen molar-refractivity contribution in [2.24, 2.45) is 5.73 Å². The molecule has 4 rings (SSSR count). The molecular formula is C25H25N5O2. The van der Waals surface area contributed by atoms with Crippen LogP contribution >= 0.6 is 0 Å². The number of amides is 1. The highest BCUT2D eigenvalue weighted by molar-refractivity contribution is 5.91. The van der Waals surface area contributed by atoms with Gasteiger partial charge in [0.05, 0.1) is 11.7 Å². The van der Waals surface area contributed by atoms with Crippen LogP contribution in [-0.4, -0.2) is 20.9 Å². The van der Waals surface area contributed by atoms with Crippen LogP contribution in [0.25, 0.3) is 10.9 Å². The van der Waals surface area contributed by atoms with E-state index in [1.807, 2.05) is 56.3 Å². The number of anilines is 2. The van der Waals surface area contributed by atoms with Gasteiger partial charge in [-0.05, 0) is 80.3 Å². The first-order chi connectivity index (χ1) is 15.5. The van der Waals surface area contributed by atoms with Crippen LogP contribution < -0.4 is 15.8 Å². The Morgan fingerprint density at radius 3 is 2.66 bits per heavy atom. The van der Waals surface area contributed by atoms with Crippen molar-refractivity contribution in [2.75, 3.05) is 5.32 Å². The molecule has 0 unspecified atom stereocenters. The summed E-state index contributed by atoms with van der Waals surface area (Å²) in [6.45, 7) is 3.94. The number of benzene rings is 2. The molecule has 0 fully saturated rings. The first-order valence-electron chi connectivity index (χ1n) is 10.5. The van der Waals surface area contributed by atoms with E-state index < -0.39 is 0 Å². The number of pyridine rings is 1. The van der Waals surface area contributed by atoms with Crippen LogP contribution in [0.1, 0.15) is 29.7 Å². The van der Waals surface area contributed by atoms with Gasteiger partial charge in [0.25, 0.3) is 0 Å². The lowest BCUT2D eigenvalue weighted by Crippen LogP contribution is -2.10. The third-order valence-electron chi connectivity index (χ3n) is 5.14. The van der Waals surface area contributed by atoms with Gasteiger partial charge in [-0.25, -0.2) is 9.97 Å². The fourth-order valence-corrected chi connectivity index (χ4v) is 3.45. The van der Waals surface area contributed by atoms with Crippen LogP contribution in [0.4, 0.5) is 11.5 Å². The number of nitrogens with zero attached hydrogens (tertiary/aromatic N) is 3. The van der Waals surface area contributed by atoms with Gasteiger partial charge in [0.15, 0.2) is 0 Å². The highest BCUT2D eigenvalue weighted by atomic mass is 16.5. The Balaban J connectivity index is 1.53. The van der Waals surface area contributed by atoms with Crippen LogP contribution in [0.3, 0.4) is 0 Å². The first kappa shape index (κ1) is 21.2. The molecule has 0 spiro atoms. The molecule has 2 aromatic carbocycles. The van der Waals surface area contributed by atoms with E-state index in [0.717, 1.165) is 51.4 Å². The van der Waals surface area contributed by atoms with Crippen molar-refractivity contribution in [3.05, 3.63) is 77.9 Å². The molecule has 3 N–H and O–H groups in total. The van der Waals surface area contributed by atoms with E-state index >= 15 is 0 Å². The van der Waals surface area contributed by atoms with E-state index in [4.69, 9.17) is 10.5 Å².